The van der Waals surface area contributed by atoms with Crippen molar-refractivity contribution in [1.29, 1.82) is 0 Å². The molecule has 0 unspecified atom stereocenters. The van der Waals surface area contributed by atoms with Gasteiger partial charge in [0.15, 0.2) is 34.5 Å². The highest BCUT2D eigenvalue weighted by molar-refractivity contribution is 5.87. The second-order valence-corrected chi connectivity index (χ2v) is 11.9. The Bertz CT molecular complexity index is 1410. The van der Waals surface area contributed by atoms with Gasteiger partial charge in [-0.15, -0.1) is 0 Å². The van der Waals surface area contributed by atoms with Gasteiger partial charge in [0.25, 0.3) is 0 Å². The molecule has 49 heavy (non-hydrogen) atoms. The fourth-order valence-corrected chi connectivity index (χ4v) is 5.98. The summed E-state index contributed by atoms with van der Waals surface area (Å²) in [5, 5.41) is 3.21. The van der Waals surface area contributed by atoms with Gasteiger partial charge in [-0.3, -0.25) is 14.6 Å². The van der Waals surface area contributed by atoms with Crippen molar-refractivity contribution in [2.24, 2.45) is 0 Å². The van der Waals surface area contributed by atoms with Gasteiger partial charge in [-0.1, -0.05) is 26.0 Å². The maximum absolute atomic E-state index is 14.0. The molecule has 1 aliphatic rings. The normalized spacial score (nSPS) is 13.6. The highest BCUT2D eigenvalue weighted by Gasteiger charge is 2.26. The van der Waals surface area contributed by atoms with E-state index in [9.17, 15) is 4.79 Å². The zero-order valence-electron chi connectivity index (χ0n) is 30.1. The van der Waals surface area contributed by atoms with Crippen LogP contribution in [-0.4, -0.2) is 104 Å². The first-order valence-electron chi connectivity index (χ1n) is 17.0. The van der Waals surface area contributed by atoms with Gasteiger partial charge in [-0.2, -0.15) is 0 Å². The number of nitrogens with zero attached hydrogens (tertiary/aromatic N) is 2. The number of piperazine rings is 1. The predicted octanol–water partition coefficient (Wildman–Crippen LogP) is 5.37. The van der Waals surface area contributed by atoms with Crippen LogP contribution in [0.2, 0.25) is 0 Å². The van der Waals surface area contributed by atoms with Crippen molar-refractivity contribution in [2.75, 3.05) is 88.0 Å². The molecule has 0 bridgehead atoms. The molecule has 4 rings (SSSR count). The molecule has 0 atom stereocenters. The van der Waals surface area contributed by atoms with E-state index >= 15 is 0 Å². The molecule has 0 saturated carbocycles. The van der Waals surface area contributed by atoms with Gasteiger partial charge in [0.05, 0.1) is 54.7 Å². The number of amides is 1. The SMILES string of the molecule is CCCOc1ccc(C(C(=O)NCCN2CCN(Cc3cc(OC)c(OC)c(OC)c3)CC2)c2ccc(OCCC)c(OC)c2)cc1OC. The Hall–Kier alpha value is -4.35. The third kappa shape index (κ3) is 9.86. The van der Waals surface area contributed by atoms with Gasteiger partial charge in [0.2, 0.25) is 11.7 Å². The lowest BCUT2D eigenvalue weighted by molar-refractivity contribution is -0.121. The summed E-state index contributed by atoms with van der Waals surface area (Å²) in [7, 11) is 8.10. The molecule has 3 aromatic rings. The summed E-state index contributed by atoms with van der Waals surface area (Å²) in [6, 6.07) is 15.4. The summed E-state index contributed by atoms with van der Waals surface area (Å²) < 4.78 is 39.6. The van der Waals surface area contributed by atoms with Crippen LogP contribution in [-0.2, 0) is 11.3 Å². The van der Waals surface area contributed by atoms with Gasteiger partial charge >= 0.3 is 0 Å². The van der Waals surface area contributed by atoms with Gasteiger partial charge in [0, 0.05) is 45.8 Å². The fraction of sp³-hybridized carbons (Fsp3) is 0.500. The Kier molecular flexibility index (Phi) is 14.5. The topological polar surface area (TPSA) is 100 Å². The molecule has 11 nitrogen and oxygen atoms in total. The summed E-state index contributed by atoms with van der Waals surface area (Å²) in [6.45, 7) is 10.9. The minimum atomic E-state index is -0.599. The van der Waals surface area contributed by atoms with Crippen LogP contribution in [0.25, 0.3) is 0 Å². The average molecular weight is 680 g/mol. The van der Waals surface area contributed by atoms with E-state index in [0.717, 1.165) is 68.8 Å². The van der Waals surface area contributed by atoms with E-state index in [1.807, 2.05) is 48.5 Å². The average Bonchev–Trinajstić information content (AvgIpc) is 3.13. The van der Waals surface area contributed by atoms with E-state index in [1.54, 1.807) is 35.5 Å². The first-order valence-corrected chi connectivity index (χ1v) is 17.0. The molecule has 1 heterocycles. The zero-order chi connectivity index (χ0) is 35.2. The number of ether oxygens (including phenoxy) is 7. The van der Waals surface area contributed by atoms with Crippen molar-refractivity contribution in [3.8, 4) is 40.2 Å². The predicted molar refractivity (Wildman–Crippen MR) is 190 cm³/mol. The zero-order valence-corrected chi connectivity index (χ0v) is 30.1. The Morgan fingerprint density at radius 2 is 1.14 bits per heavy atom. The molecule has 0 aromatic heterocycles. The van der Waals surface area contributed by atoms with Crippen LogP contribution in [0.4, 0.5) is 0 Å². The minimum Gasteiger partial charge on any atom is -0.493 e. The monoisotopic (exact) mass is 679 g/mol. The van der Waals surface area contributed by atoms with E-state index in [0.29, 0.717) is 60.0 Å². The summed E-state index contributed by atoms with van der Waals surface area (Å²) in [5.74, 6) is 3.68. The molecule has 268 valence electrons. The maximum atomic E-state index is 14.0. The van der Waals surface area contributed by atoms with Crippen LogP contribution in [0.1, 0.15) is 49.3 Å². The molecule has 1 amide bonds. The summed E-state index contributed by atoms with van der Waals surface area (Å²) in [5.41, 5.74) is 2.69. The Labute approximate surface area is 291 Å². The van der Waals surface area contributed by atoms with Crippen molar-refractivity contribution in [3.05, 3.63) is 65.2 Å². The lowest BCUT2D eigenvalue weighted by Gasteiger charge is -2.35. The van der Waals surface area contributed by atoms with Crippen LogP contribution >= 0.6 is 0 Å². The fourth-order valence-electron chi connectivity index (χ4n) is 5.98. The third-order valence-electron chi connectivity index (χ3n) is 8.55. The summed E-state index contributed by atoms with van der Waals surface area (Å²) >= 11 is 0. The number of carbonyl (C=O) groups excluding carboxylic acids is 1. The molecule has 0 radical (unpaired) electrons. The number of benzene rings is 3. The lowest BCUT2D eigenvalue weighted by Crippen LogP contribution is -2.48. The van der Waals surface area contributed by atoms with E-state index in [1.165, 1.54) is 0 Å². The number of rotatable bonds is 19. The van der Waals surface area contributed by atoms with Crippen LogP contribution in [0.3, 0.4) is 0 Å². The quantitative estimate of drug-likeness (QED) is 0.178. The Morgan fingerprint density at radius 1 is 0.653 bits per heavy atom. The first kappa shape index (κ1) is 37.5. The molecule has 11 heteroatoms. The van der Waals surface area contributed by atoms with E-state index in [4.69, 9.17) is 33.2 Å². The second-order valence-electron chi connectivity index (χ2n) is 11.9. The van der Waals surface area contributed by atoms with Crippen LogP contribution in [0, 0.1) is 0 Å². The summed E-state index contributed by atoms with van der Waals surface area (Å²) in [6.07, 6.45) is 1.76. The van der Waals surface area contributed by atoms with Crippen LogP contribution < -0.4 is 38.5 Å². The smallest absolute Gasteiger partial charge is 0.232 e. The number of methoxy groups -OCH3 is 5. The third-order valence-corrected chi connectivity index (χ3v) is 8.55. The first-order chi connectivity index (χ1) is 23.9. The van der Waals surface area contributed by atoms with Gasteiger partial charge in [-0.25, -0.2) is 0 Å². The maximum Gasteiger partial charge on any atom is 0.232 e. The molecule has 0 spiro atoms. The molecule has 1 aliphatic heterocycles. The van der Waals surface area contributed by atoms with Gasteiger partial charge in [-0.05, 0) is 65.9 Å². The van der Waals surface area contributed by atoms with Crippen molar-refractivity contribution in [1.82, 2.24) is 15.1 Å². The largest absolute Gasteiger partial charge is 0.493 e. The summed E-state index contributed by atoms with van der Waals surface area (Å²) in [4.78, 5) is 18.8. The molecule has 1 fully saturated rings. The number of nitrogens with one attached hydrogen (secondary N) is 1. The standard InChI is InChI=1S/C38H53N3O8/c1-8-20-48-30-12-10-28(24-32(30)43-3)36(29-11-13-31(49-21-9-2)33(25-29)44-4)38(42)39-14-15-40-16-18-41(19-17-40)26-27-22-34(45-5)37(47-7)35(23-27)46-6/h10-13,22-25,36H,8-9,14-21,26H2,1-7H3,(H,39,42). The lowest BCUT2D eigenvalue weighted by atomic mass is 9.89. The number of carbonyl (C=O) groups is 1. The van der Waals surface area contributed by atoms with Gasteiger partial charge in [0.1, 0.15) is 0 Å². The van der Waals surface area contributed by atoms with E-state index in [2.05, 4.69) is 29.0 Å². The molecule has 1 N–H and O–H groups in total. The molecular formula is C38H53N3O8. The van der Waals surface area contributed by atoms with Crippen molar-refractivity contribution >= 4 is 5.91 Å². The minimum absolute atomic E-state index is 0.102. The van der Waals surface area contributed by atoms with Crippen LogP contribution in [0.15, 0.2) is 48.5 Å². The van der Waals surface area contributed by atoms with Gasteiger partial charge < -0.3 is 38.5 Å². The van der Waals surface area contributed by atoms with Crippen molar-refractivity contribution in [3.63, 3.8) is 0 Å². The highest BCUT2D eigenvalue weighted by atomic mass is 16.5. The molecular weight excluding hydrogens is 626 g/mol. The Balaban J connectivity index is 1.42. The Morgan fingerprint density at radius 3 is 1.59 bits per heavy atom. The molecule has 1 saturated heterocycles. The van der Waals surface area contributed by atoms with Crippen LogP contribution in [0.5, 0.6) is 40.2 Å². The van der Waals surface area contributed by atoms with Crippen molar-refractivity contribution < 1.29 is 38.0 Å². The number of hydrogen-bond acceptors (Lipinski definition) is 10. The van der Waals surface area contributed by atoms with Crippen molar-refractivity contribution in [2.45, 2.75) is 39.2 Å². The molecule has 0 aliphatic carbocycles. The highest BCUT2D eigenvalue weighted by Crippen LogP contribution is 2.39. The number of hydrogen-bond donors (Lipinski definition) is 1. The van der Waals surface area contributed by atoms with E-state index in [-0.39, 0.29) is 5.91 Å². The second kappa shape index (κ2) is 19.0. The van der Waals surface area contributed by atoms with E-state index < -0.39 is 5.92 Å². The molecule has 3 aromatic carbocycles.